The molecule has 1 unspecified atom stereocenters. The van der Waals surface area contributed by atoms with Crippen molar-refractivity contribution in [1.29, 1.82) is 0 Å². The predicted octanol–water partition coefficient (Wildman–Crippen LogP) is 1.24. The SMILES string of the molecule is CNC1CCC(N2CCOCC2C)CC1. The largest absolute Gasteiger partial charge is 0.379 e. The fourth-order valence-corrected chi connectivity index (χ4v) is 2.98. The Balaban J connectivity index is 1.83. The van der Waals surface area contributed by atoms with Crippen LogP contribution in [0.4, 0.5) is 0 Å². The molecule has 2 rings (SSSR count). The smallest absolute Gasteiger partial charge is 0.0619 e. The van der Waals surface area contributed by atoms with Gasteiger partial charge in [0, 0.05) is 24.7 Å². The van der Waals surface area contributed by atoms with Crippen molar-refractivity contribution in [3.8, 4) is 0 Å². The number of nitrogens with zero attached hydrogens (tertiary/aromatic N) is 1. The Morgan fingerprint density at radius 2 is 1.93 bits per heavy atom. The molecule has 1 saturated carbocycles. The van der Waals surface area contributed by atoms with Gasteiger partial charge in [-0.25, -0.2) is 0 Å². The van der Waals surface area contributed by atoms with E-state index < -0.39 is 0 Å². The molecule has 3 heteroatoms. The maximum Gasteiger partial charge on any atom is 0.0619 e. The molecule has 0 aromatic carbocycles. The van der Waals surface area contributed by atoms with Crippen LogP contribution in [0.1, 0.15) is 32.6 Å². The lowest BCUT2D eigenvalue weighted by Gasteiger charge is -2.42. The Morgan fingerprint density at radius 3 is 2.53 bits per heavy atom. The summed E-state index contributed by atoms with van der Waals surface area (Å²) in [5, 5.41) is 3.40. The summed E-state index contributed by atoms with van der Waals surface area (Å²) in [4.78, 5) is 2.66. The minimum Gasteiger partial charge on any atom is -0.379 e. The number of nitrogens with one attached hydrogen (secondary N) is 1. The fourth-order valence-electron chi connectivity index (χ4n) is 2.98. The van der Waals surface area contributed by atoms with Crippen molar-refractivity contribution in [1.82, 2.24) is 10.2 Å². The Kier molecular flexibility index (Phi) is 4.00. The first-order chi connectivity index (χ1) is 7.31. The van der Waals surface area contributed by atoms with Crippen molar-refractivity contribution in [2.24, 2.45) is 0 Å². The number of ether oxygens (including phenoxy) is 1. The average Bonchev–Trinajstić information content (AvgIpc) is 2.30. The van der Waals surface area contributed by atoms with E-state index in [1.807, 2.05) is 0 Å². The molecule has 2 aliphatic rings. The van der Waals surface area contributed by atoms with Crippen molar-refractivity contribution in [2.75, 3.05) is 26.8 Å². The van der Waals surface area contributed by atoms with Gasteiger partial charge in [0.15, 0.2) is 0 Å². The molecule has 0 spiro atoms. The van der Waals surface area contributed by atoms with Gasteiger partial charge >= 0.3 is 0 Å². The van der Waals surface area contributed by atoms with Gasteiger partial charge in [0.1, 0.15) is 0 Å². The molecule has 1 heterocycles. The number of hydrogen-bond acceptors (Lipinski definition) is 3. The third-order valence-corrected chi connectivity index (χ3v) is 3.99. The van der Waals surface area contributed by atoms with Gasteiger partial charge in [-0.3, -0.25) is 4.90 Å². The average molecular weight is 212 g/mol. The summed E-state index contributed by atoms with van der Waals surface area (Å²) >= 11 is 0. The van der Waals surface area contributed by atoms with E-state index in [0.29, 0.717) is 6.04 Å². The van der Waals surface area contributed by atoms with Gasteiger partial charge < -0.3 is 10.1 Å². The van der Waals surface area contributed by atoms with Gasteiger partial charge in [0.2, 0.25) is 0 Å². The molecule has 1 atom stereocenters. The quantitative estimate of drug-likeness (QED) is 0.745. The maximum absolute atomic E-state index is 5.49. The zero-order valence-corrected chi connectivity index (χ0v) is 10.0. The molecule has 0 aromatic heterocycles. The zero-order chi connectivity index (χ0) is 10.7. The van der Waals surface area contributed by atoms with Gasteiger partial charge in [-0.1, -0.05) is 0 Å². The van der Waals surface area contributed by atoms with Crippen LogP contribution in [0.15, 0.2) is 0 Å². The van der Waals surface area contributed by atoms with Crippen LogP contribution in [0, 0.1) is 0 Å². The van der Waals surface area contributed by atoms with Gasteiger partial charge in [-0.15, -0.1) is 0 Å². The predicted molar refractivity (Wildman–Crippen MR) is 62.1 cm³/mol. The number of morpholine rings is 1. The highest BCUT2D eigenvalue weighted by atomic mass is 16.5. The van der Waals surface area contributed by atoms with Crippen molar-refractivity contribution in [3.63, 3.8) is 0 Å². The Labute approximate surface area is 93.2 Å². The summed E-state index contributed by atoms with van der Waals surface area (Å²) in [5.74, 6) is 0. The van der Waals surface area contributed by atoms with Crippen LogP contribution in [0.5, 0.6) is 0 Å². The molecular weight excluding hydrogens is 188 g/mol. The molecule has 0 amide bonds. The van der Waals surface area contributed by atoms with Crippen molar-refractivity contribution < 1.29 is 4.74 Å². The first-order valence-electron chi connectivity index (χ1n) is 6.32. The second-order valence-electron chi connectivity index (χ2n) is 4.96. The zero-order valence-electron chi connectivity index (χ0n) is 10.0. The highest BCUT2D eigenvalue weighted by molar-refractivity contribution is 4.85. The minimum atomic E-state index is 0.620. The van der Waals surface area contributed by atoms with Crippen molar-refractivity contribution in [2.45, 2.75) is 50.7 Å². The van der Waals surface area contributed by atoms with Crippen molar-refractivity contribution in [3.05, 3.63) is 0 Å². The molecule has 3 nitrogen and oxygen atoms in total. The van der Waals surface area contributed by atoms with E-state index >= 15 is 0 Å². The summed E-state index contributed by atoms with van der Waals surface area (Å²) in [7, 11) is 2.09. The van der Waals surface area contributed by atoms with Crippen LogP contribution < -0.4 is 5.32 Å². The van der Waals surface area contributed by atoms with Gasteiger partial charge in [0.25, 0.3) is 0 Å². The number of hydrogen-bond donors (Lipinski definition) is 1. The van der Waals surface area contributed by atoms with Gasteiger partial charge in [-0.2, -0.15) is 0 Å². The van der Waals surface area contributed by atoms with E-state index in [9.17, 15) is 0 Å². The standard InChI is InChI=1S/C12H24N2O/c1-10-9-15-8-7-14(10)12-5-3-11(13-2)4-6-12/h10-13H,3-9H2,1-2H3. The molecule has 0 radical (unpaired) electrons. The summed E-state index contributed by atoms with van der Waals surface area (Å²) in [6.07, 6.45) is 5.39. The summed E-state index contributed by atoms with van der Waals surface area (Å²) in [6.45, 7) is 5.28. The normalized spacial score (nSPS) is 39.2. The van der Waals surface area contributed by atoms with E-state index in [1.54, 1.807) is 0 Å². The monoisotopic (exact) mass is 212 g/mol. The summed E-state index contributed by atoms with van der Waals surface area (Å²) in [5.41, 5.74) is 0. The molecule has 1 aliphatic heterocycles. The third kappa shape index (κ3) is 2.71. The molecular formula is C12H24N2O. The summed E-state index contributed by atoms with van der Waals surface area (Å²) in [6, 6.07) is 2.20. The first-order valence-corrected chi connectivity index (χ1v) is 6.32. The Bertz CT molecular complexity index is 190. The van der Waals surface area contributed by atoms with Crippen LogP contribution in [-0.4, -0.2) is 49.8 Å². The molecule has 0 aromatic rings. The lowest BCUT2D eigenvalue weighted by molar-refractivity contribution is -0.0305. The lowest BCUT2D eigenvalue weighted by Crippen LogP contribution is -2.51. The number of rotatable bonds is 2. The van der Waals surface area contributed by atoms with E-state index in [0.717, 1.165) is 31.8 Å². The highest BCUT2D eigenvalue weighted by Crippen LogP contribution is 2.25. The highest BCUT2D eigenvalue weighted by Gasteiger charge is 2.29. The Morgan fingerprint density at radius 1 is 1.20 bits per heavy atom. The molecule has 1 N–H and O–H groups in total. The fraction of sp³-hybridized carbons (Fsp3) is 1.00. The van der Waals surface area contributed by atoms with Gasteiger partial charge in [-0.05, 0) is 39.7 Å². The molecule has 0 bridgehead atoms. The molecule has 15 heavy (non-hydrogen) atoms. The second kappa shape index (κ2) is 5.28. The molecule has 88 valence electrons. The topological polar surface area (TPSA) is 24.5 Å². The van der Waals surface area contributed by atoms with Crippen molar-refractivity contribution >= 4 is 0 Å². The van der Waals surface area contributed by atoms with E-state index in [1.165, 1.54) is 25.7 Å². The molecule has 1 saturated heterocycles. The summed E-state index contributed by atoms with van der Waals surface area (Å²) < 4.78 is 5.49. The maximum atomic E-state index is 5.49. The van der Waals surface area contributed by atoms with Crippen LogP contribution >= 0.6 is 0 Å². The van der Waals surface area contributed by atoms with Crippen LogP contribution in [-0.2, 0) is 4.74 Å². The minimum absolute atomic E-state index is 0.620. The lowest BCUT2D eigenvalue weighted by atomic mass is 9.89. The van der Waals surface area contributed by atoms with Crippen LogP contribution in [0.3, 0.4) is 0 Å². The van der Waals surface area contributed by atoms with Crippen LogP contribution in [0.2, 0.25) is 0 Å². The third-order valence-electron chi connectivity index (χ3n) is 3.99. The second-order valence-corrected chi connectivity index (χ2v) is 4.96. The first kappa shape index (κ1) is 11.4. The van der Waals surface area contributed by atoms with E-state index in [2.05, 4.69) is 24.2 Å². The van der Waals surface area contributed by atoms with E-state index in [4.69, 9.17) is 4.74 Å². The molecule has 1 aliphatic carbocycles. The van der Waals surface area contributed by atoms with Gasteiger partial charge in [0.05, 0.1) is 13.2 Å². The van der Waals surface area contributed by atoms with E-state index in [-0.39, 0.29) is 0 Å². The Hall–Kier alpha value is -0.120. The van der Waals surface area contributed by atoms with Crippen LogP contribution in [0.25, 0.3) is 0 Å². The molecule has 2 fully saturated rings.